The van der Waals surface area contributed by atoms with Crippen LogP contribution >= 0.6 is 15.9 Å². The molecule has 0 aliphatic heterocycles. The Morgan fingerprint density at radius 2 is 2.21 bits per heavy atom. The summed E-state index contributed by atoms with van der Waals surface area (Å²) in [5.41, 5.74) is 0.667. The zero-order valence-electron chi connectivity index (χ0n) is 7.44. The molecule has 5 heteroatoms. The normalized spacial score (nSPS) is 10.1. The van der Waals surface area contributed by atoms with E-state index >= 15 is 0 Å². The molecule has 0 aliphatic carbocycles. The first kappa shape index (κ1) is 11.0. The number of hydrogen-bond acceptors (Lipinski definition) is 3. The Hall–Kier alpha value is -1.10. The first-order valence-electron chi connectivity index (χ1n) is 4.17. The van der Waals surface area contributed by atoms with E-state index in [2.05, 4.69) is 15.9 Å². The van der Waals surface area contributed by atoms with E-state index in [9.17, 15) is 15.2 Å². The molecular formula is C9H10BrNO3. The average Bonchev–Trinajstić information content (AvgIpc) is 2.15. The van der Waals surface area contributed by atoms with E-state index in [1.165, 1.54) is 12.1 Å². The van der Waals surface area contributed by atoms with Crippen LogP contribution in [0.2, 0.25) is 0 Å². The molecule has 1 aromatic rings. The summed E-state index contributed by atoms with van der Waals surface area (Å²) in [6.07, 6.45) is 1.61. The molecule has 1 rings (SSSR count). The molecule has 1 aromatic carbocycles. The van der Waals surface area contributed by atoms with Gasteiger partial charge in [0.15, 0.2) is 0 Å². The second-order valence-electron chi connectivity index (χ2n) is 2.86. The number of aryl methyl sites for hydroxylation is 1. The van der Waals surface area contributed by atoms with Crippen molar-refractivity contribution in [2.24, 2.45) is 0 Å². The average molecular weight is 260 g/mol. The molecule has 0 aromatic heterocycles. The Kier molecular flexibility index (Phi) is 3.88. The van der Waals surface area contributed by atoms with Gasteiger partial charge in [0.05, 0.1) is 11.0 Å². The maximum absolute atomic E-state index is 10.4. The van der Waals surface area contributed by atoms with E-state index in [1.807, 2.05) is 0 Å². The topological polar surface area (TPSA) is 63.4 Å². The quantitative estimate of drug-likeness (QED) is 0.514. The van der Waals surface area contributed by atoms with Crippen LogP contribution in [-0.4, -0.2) is 15.4 Å². The molecule has 0 saturated heterocycles. The van der Waals surface area contributed by atoms with Crippen LogP contribution in [0.4, 0.5) is 5.69 Å². The van der Waals surface area contributed by atoms with Crippen molar-refractivity contribution in [3.05, 3.63) is 33.9 Å². The highest BCUT2D eigenvalue weighted by Gasteiger charge is 2.09. The molecule has 0 unspecified atom stereocenters. The maximum Gasteiger partial charge on any atom is 0.273 e. The van der Waals surface area contributed by atoms with Crippen molar-refractivity contribution < 1.29 is 10.0 Å². The minimum Gasteiger partial charge on any atom is -0.507 e. The summed E-state index contributed by atoms with van der Waals surface area (Å²) in [5, 5.41) is 20.7. The number of alkyl halides is 1. The lowest BCUT2D eigenvalue weighted by molar-refractivity contribution is -0.384. The van der Waals surface area contributed by atoms with Crippen LogP contribution in [0.15, 0.2) is 18.2 Å². The molecule has 0 radical (unpaired) electrons. The smallest absolute Gasteiger partial charge is 0.273 e. The van der Waals surface area contributed by atoms with Gasteiger partial charge in [-0.1, -0.05) is 15.9 Å². The Bertz CT molecular complexity index is 341. The van der Waals surface area contributed by atoms with Crippen molar-refractivity contribution in [2.75, 3.05) is 5.33 Å². The highest BCUT2D eigenvalue weighted by atomic mass is 79.9. The minimum atomic E-state index is -0.520. The molecule has 0 fully saturated rings. The van der Waals surface area contributed by atoms with Gasteiger partial charge in [0, 0.05) is 11.4 Å². The number of nitro groups is 1. The number of nitrogens with zero attached hydrogens (tertiary/aromatic N) is 1. The number of phenols is 1. The molecule has 0 saturated carbocycles. The minimum absolute atomic E-state index is 0.000139. The van der Waals surface area contributed by atoms with Crippen LogP contribution in [0.3, 0.4) is 0 Å². The van der Waals surface area contributed by atoms with Crippen molar-refractivity contribution in [1.82, 2.24) is 0 Å². The molecular weight excluding hydrogens is 250 g/mol. The Morgan fingerprint density at radius 3 is 2.71 bits per heavy atom. The van der Waals surface area contributed by atoms with Gasteiger partial charge < -0.3 is 5.11 Å². The number of non-ortho nitro benzene ring substituents is 1. The third-order valence-electron chi connectivity index (χ3n) is 1.86. The SMILES string of the molecule is O=[N+]([O-])c1ccc(CCCBr)c(O)c1. The number of benzene rings is 1. The highest BCUT2D eigenvalue weighted by Crippen LogP contribution is 2.24. The van der Waals surface area contributed by atoms with Gasteiger partial charge in [0.1, 0.15) is 5.75 Å². The van der Waals surface area contributed by atoms with E-state index < -0.39 is 4.92 Å². The molecule has 0 aliphatic rings. The van der Waals surface area contributed by atoms with Crippen molar-refractivity contribution >= 4 is 21.6 Å². The second kappa shape index (κ2) is 4.95. The zero-order chi connectivity index (χ0) is 10.6. The van der Waals surface area contributed by atoms with E-state index in [4.69, 9.17) is 0 Å². The number of phenolic OH excluding ortho intramolecular Hbond substituents is 1. The lowest BCUT2D eigenvalue weighted by Crippen LogP contribution is -1.91. The molecule has 0 amide bonds. The van der Waals surface area contributed by atoms with Gasteiger partial charge in [-0.05, 0) is 24.5 Å². The van der Waals surface area contributed by atoms with Crippen LogP contribution in [0.5, 0.6) is 5.75 Å². The molecule has 14 heavy (non-hydrogen) atoms. The molecule has 0 spiro atoms. The summed E-state index contributed by atoms with van der Waals surface area (Å²) < 4.78 is 0. The van der Waals surface area contributed by atoms with Gasteiger partial charge in [-0.25, -0.2) is 0 Å². The molecule has 0 atom stereocenters. The van der Waals surface area contributed by atoms with Gasteiger partial charge in [0.2, 0.25) is 0 Å². The summed E-state index contributed by atoms with van der Waals surface area (Å²) in [7, 11) is 0. The van der Waals surface area contributed by atoms with E-state index in [0.717, 1.165) is 23.7 Å². The summed E-state index contributed by atoms with van der Waals surface area (Å²) in [6.45, 7) is 0. The Morgan fingerprint density at radius 1 is 1.50 bits per heavy atom. The first-order chi connectivity index (χ1) is 6.65. The fourth-order valence-corrected chi connectivity index (χ4v) is 1.41. The van der Waals surface area contributed by atoms with Crippen LogP contribution in [0.25, 0.3) is 0 Å². The summed E-state index contributed by atoms with van der Waals surface area (Å²) in [5.74, 6) is 0.000139. The monoisotopic (exact) mass is 259 g/mol. The highest BCUT2D eigenvalue weighted by molar-refractivity contribution is 9.09. The van der Waals surface area contributed by atoms with Gasteiger partial charge in [-0.15, -0.1) is 0 Å². The van der Waals surface area contributed by atoms with Crippen LogP contribution in [0.1, 0.15) is 12.0 Å². The number of nitro benzene ring substituents is 1. The largest absolute Gasteiger partial charge is 0.507 e. The van der Waals surface area contributed by atoms with E-state index in [1.54, 1.807) is 6.07 Å². The third-order valence-corrected chi connectivity index (χ3v) is 2.42. The maximum atomic E-state index is 10.4. The zero-order valence-corrected chi connectivity index (χ0v) is 9.03. The summed E-state index contributed by atoms with van der Waals surface area (Å²) >= 11 is 3.28. The molecule has 1 N–H and O–H groups in total. The van der Waals surface area contributed by atoms with E-state index in [-0.39, 0.29) is 11.4 Å². The Balaban J connectivity index is 2.84. The van der Waals surface area contributed by atoms with Gasteiger partial charge in [0.25, 0.3) is 5.69 Å². The third kappa shape index (κ3) is 2.70. The van der Waals surface area contributed by atoms with E-state index in [0.29, 0.717) is 0 Å². The first-order valence-corrected chi connectivity index (χ1v) is 5.29. The van der Waals surface area contributed by atoms with Crippen molar-refractivity contribution in [3.8, 4) is 5.75 Å². The number of halogens is 1. The number of hydrogen-bond donors (Lipinski definition) is 1. The summed E-state index contributed by atoms with van der Waals surface area (Å²) in [6, 6.07) is 4.18. The van der Waals surface area contributed by atoms with Crippen molar-refractivity contribution in [3.63, 3.8) is 0 Å². The van der Waals surface area contributed by atoms with Gasteiger partial charge in [-0.2, -0.15) is 0 Å². The number of aromatic hydroxyl groups is 1. The molecule has 4 nitrogen and oxygen atoms in total. The van der Waals surface area contributed by atoms with Crippen LogP contribution in [-0.2, 0) is 6.42 Å². The standard InChI is InChI=1S/C9H10BrNO3/c10-5-1-2-7-3-4-8(11(13)14)6-9(7)12/h3-4,6,12H,1-2,5H2. The van der Waals surface area contributed by atoms with Gasteiger partial charge in [-0.3, -0.25) is 10.1 Å². The second-order valence-corrected chi connectivity index (χ2v) is 3.66. The fourth-order valence-electron chi connectivity index (χ4n) is 1.13. The lowest BCUT2D eigenvalue weighted by Gasteiger charge is -2.02. The van der Waals surface area contributed by atoms with Gasteiger partial charge >= 0.3 is 0 Å². The lowest BCUT2D eigenvalue weighted by atomic mass is 10.1. The number of rotatable bonds is 4. The van der Waals surface area contributed by atoms with Crippen LogP contribution in [0, 0.1) is 10.1 Å². The summed E-state index contributed by atoms with van der Waals surface area (Å²) in [4.78, 5) is 9.85. The Labute approximate surface area is 89.8 Å². The molecule has 0 bridgehead atoms. The molecule has 0 heterocycles. The van der Waals surface area contributed by atoms with Crippen molar-refractivity contribution in [2.45, 2.75) is 12.8 Å². The van der Waals surface area contributed by atoms with Crippen molar-refractivity contribution in [1.29, 1.82) is 0 Å². The van der Waals surface area contributed by atoms with Crippen LogP contribution < -0.4 is 0 Å². The molecule has 76 valence electrons. The predicted octanol–water partition coefficient (Wildman–Crippen LogP) is 2.63. The predicted molar refractivity (Wildman–Crippen MR) is 56.9 cm³/mol. The fraction of sp³-hybridized carbons (Fsp3) is 0.333.